The van der Waals surface area contributed by atoms with E-state index in [0.717, 1.165) is 21.2 Å². The highest BCUT2D eigenvalue weighted by molar-refractivity contribution is 7.22. The molecule has 0 bridgehead atoms. The Kier molecular flexibility index (Phi) is 1.19. The van der Waals surface area contributed by atoms with Crippen molar-refractivity contribution in [3.8, 4) is 0 Å². The summed E-state index contributed by atoms with van der Waals surface area (Å²) < 4.78 is 6.39. The van der Waals surface area contributed by atoms with E-state index in [2.05, 4.69) is 4.98 Å². The van der Waals surface area contributed by atoms with Crippen LogP contribution in [0, 0.1) is 0 Å². The molecule has 0 fully saturated rings. The summed E-state index contributed by atoms with van der Waals surface area (Å²) in [5.74, 6) is 0. The molecule has 0 atom stereocenters. The zero-order valence-electron chi connectivity index (χ0n) is 6.65. The van der Waals surface area contributed by atoms with Gasteiger partial charge in [0.05, 0.1) is 16.5 Å². The Labute approximate surface area is 77.8 Å². The number of aromatic nitrogens is 1. The molecule has 2 heterocycles. The zero-order chi connectivity index (χ0) is 8.84. The molecule has 0 radical (unpaired) electrons. The molecular formula is C9H6N2OS. The summed E-state index contributed by atoms with van der Waals surface area (Å²) in [5.41, 5.74) is 7.40. The fourth-order valence-corrected chi connectivity index (χ4v) is 2.26. The fraction of sp³-hybridized carbons (Fsp3) is 0. The van der Waals surface area contributed by atoms with Crippen LogP contribution in [0.4, 0.5) is 5.13 Å². The predicted molar refractivity (Wildman–Crippen MR) is 53.8 cm³/mol. The van der Waals surface area contributed by atoms with Gasteiger partial charge in [-0.1, -0.05) is 11.3 Å². The highest BCUT2D eigenvalue weighted by Gasteiger charge is 2.07. The van der Waals surface area contributed by atoms with Crippen molar-refractivity contribution < 1.29 is 4.42 Å². The molecule has 64 valence electrons. The van der Waals surface area contributed by atoms with Gasteiger partial charge in [-0.25, -0.2) is 4.98 Å². The summed E-state index contributed by atoms with van der Waals surface area (Å²) in [6.07, 6.45) is 1.68. The third kappa shape index (κ3) is 0.860. The van der Waals surface area contributed by atoms with E-state index in [4.69, 9.17) is 10.2 Å². The van der Waals surface area contributed by atoms with Gasteiger partial charge in [0.1, 0.15) is 0 Å². The summed E-state index contributed by atoms with van der Waals surface area (Å²) in [6, 6.07) is 5.88. The molecule has 2 N–H and O–H groups in total. The van der Waals surface area contributed by atoms with Gasteiger partial charge in [-0.05, 0) is 18.2 Å². The van der Waals surface area contributed by atoms with Crippen molar-refractivity contribution in [3.05, 3.63) is 24.5 Å². The minimum Gasteiger partial charge on any atom is -0.463 e. The SMILES string of the molecule is Nc1nc2ccc3ccoc3c2s1. The normalized spacial score (nSPS) is 11.4. The minimum absolute atomic E-state index is 0.582. The molecule has 0 spiro atoms. The molecule has 3 aromatic rings. The topological polar surface area (TPSA) is 52.0 Å². The maximum atomic E-state index is 5.62. The Hall–Kier alpha value is -1.55. The Balaban J connectivity index is 2.64. The number of thiazole rings is 1. The third-order valence-corrected chi connectivity index (χ3v) is 2.89. The number of nitrogen functional groups attached to an aromatic ring is 1. The van der Waals surface area contributed by atoms with Crippen LogP contribution < -0.4 is 5.73 Å². The molecule has 0 saturated heterocycles. The number of benzene rings is 1. The summed E-state index contributed by atoms with van der Waals surface area (Å²) in [7, 11) is 0. The molecule has 0 aliphatic carbocycles. The van der Waals surface area contributed by atoms with Gasteiger partial charge >= 0.3 is 0 Å². The van der Waals surface area contributed by atoms with E-state index in [0.29, 0.717) is 5.13 Å². The lowest BCUT2D eigenvalue weighted by Crippen LogP contribution is -1.78. The number of fused-ring (bicyclic) bond motifs is 3. The van der Waals surface area contributed by atoms with E-state index in [9.17, 15) is 0 Å². The standard InChI is InChI=1S/C9H6N2OS/c10-9-11-6-2-1-5-3-4-12-7(5)8(6)13-9/h1-4H,(H2,10,11). The van der Waals surface area contributed by atoms with Crippen molar-refractivity contribution in [2.45, 2.75) is 0 Å². The first-order valence-electron chi connectivity index (χ1n) is 3.87. The van der Waals surface area contributed by atoms with Gasteiger partial charge in [0.2, 0.25) is 0 Å². The monoisotopic (exact) mass is 190 g/mol. The summed E-state index contributed by atoms with van der Waals surface area (Å²) in [4.78, 5) is 4.18. The van der Waals surface area contributed by atoms with Crippen molar-refractivity contribution in [2.24, 2.45) is 0 Å². The van der Waals surface area contributed by atoms with Crippen molar-refractivity contribution in [1.82, 2.24) is 4.98 Å². The third-order valence-electron chi connectivity index (χ3n) is 1.99. The summed E-state index contributed by atoms with van der Waals surface area (Å²) in [5, 5.41) is 1.68. The summed E-state index contributed by atoms with van der Waals surface area (Å²) in [6.45, 7) is 0. The molecular weight excluding hydrogens is 184 g/mol. The number of nitrogens with two attached hydrogens (primary N) is 1. The minimum atomic E-state index is 0.582. The van der Waals surface area contributed by atoms with Gasteiger partial charge in [0, 0.05) is 5.39 Å². The lowest BCUT2D eigenvalue weighted by molar-refractivity contribution is 0.619. The maximum absolute atomic E-state index is 5.62. The second kappa shape index (κ2) is 2.23. The average Bonchev–Trinajstić information content (AvgIpc) is 2.65. The van der Waals surface area contributed by atoms with Crippen LogP contribution in [0.15, 0.2) is 28.9 Å². The number of furan rings is 1. The van der Waals surface area contributed by atoms with Gasteiger partial charge in [0.25, 0.3) is 0 Å². The molecule has 0 unspecified atom stereocenters. The van der Waals surface area contributed by atoms with Gasteiger partial charge < -0.3 is 10.2 Å². The van der Waals surface area contributed by atoms with Gasteiger partial charge in [-0.2, -0.15) is 0 Å². The molecule has 2 aromatic heterocycles. The van der Waals surface area contributed by atoms with E-state index in [1.165, 1.54) is 11.3 Å². The first-order valence-corrected chi connectivity index (χ1v) is 4.68. The lowest BCUT2D eigenvalue weighted by atomic mass is 10.2. The van der Waals surface area contributed by atoms with Crippen LogP contribution in [0.3, 0.4) is 0 Å². The van der Waals surface area contributed by atoms with Crippen LogP contribution in [0.5, 0.6) is 0 Å². The second-order valence-corrected chi connectivity index (χ2v) is 3.84. The first-order chi connectivity index (χ1) is 6.34. The lowest BCUT2D eigenvalue weighted by Gasteiger charge is -1.87. The van der Waals surface area contributed by atoms with Crippen molar-refractivity contribution in [1.29, 1.82) is 0 Å². The van der Waals surface area contributed by atoms with Crippen LogP contribution in [0.25, 0.3) is 21.2 Å². The molecule has 0 aliphatic heterocycles. The van der Waals surface area contributed by atoms with Crippen LogP contribution in [0.1, 0.15) is 0 Å². The number of anilines is 1. The number of rotatable bonds is 0. The molecule has 3 rings (SSSR count). The van der Waals surface area contributed by atoms with E-state index in [1.807, 2.05) is 18.2 Å². The molecule has 3 nitrogen and oxygen atoms in total. The molecule has 13 heavy (non-hydrogen) atoms. The average molecular weight is 190 g/mol. The molecule has 4 heteroatoms. The smallest absolute Gasteiger partial charge is 0.181 e. The van der Waals surface area contributed by atoms with Crippen LogP contribution in [0.2, 0.25) is 0 Å². The molecule has 0 aliphatic rings. The van der Waals surface area contributed by atoms with Crippen LogP contribution >= 0.6 is 11.3 Å². The van der Waals surface area contributed by atoms with Gasteiger partial charge in [-0.15, -0.1) is 0 Å². The highest BCUT2D eigenvalue weighted by atomic mass is 32.1. The number of hydrogen-bond acceptors (Lipinski definition) is 4. The van der Waals surface area contributed by atoms with Crippen molar-refractivity contribution in [2.75, 3.05) is 5.73 Å². The van der Waals surface area contributed by atoms with Crippen molar-refractivity contribution >= 4 is 37.7 Å². The number of hydrogen-bond donors (Lipinski definition) is 1. The predicted octanol–water partition coefficient (Wildman–Crippen LogP) is 2.62. The van der Waals surface area contributed by atoms with Crippen LogP contribution in [-0.4, -0.2) is 4.98 Å². The Bertz CT molecular complexity index is 581. The summed E-state index contributed by atoms with van der Waals surface area (Å²) >= 11 is 1.46. The Morgan fingerprint density at radius 3 is 3.15 bits per heavy atom. The second-order valence-electron chi connectivity index (χ2n) is 2.80. The van der Waals surface area contributed by atoms with E-state index >= 15 is 0 Å². The van der Waals surface area contributed by atoms with E-state index in [1.54, 1.807) is 6.26 Å². The number of nitrogens with zero attached hydrogens (tertiary/aromatic N) is 1. The Morgan fingerprint density at radius 2 is 2.23 bits per heavy atom. The highest BCUT2D eigenvalue weighted by Crippen LogP contribution is 2.31. The quantitative estimate of drug-likeness (QED) is 0.592. The fourth-order valence-electron chi connectivity index (χ4n) is 1.43. The molecule has 0 amide bonds. The van der Waals surface area contributed by atoms with Gasteiger partial charge in [-0.3, -0.25) is 0 Å². The van der Waals surface area contributed by atoms with E-state index < -0.39 is 0 Å². The van der Waals surface area contributed by atoms with Crippen molar-refractivity contribution in [3.63, 3.8) is 0 Å². The maximum Gasteiger partial charge on any atom is 0.181 e. The molecule has 1 aromatic carbocycles. The van der Waals surface area contributed by atoms with Gasteiger partial charge in [0.15, 0.2) is 10.7 Å². The first kappa shape index (κ1) is 6.91. The van der Waals surface area contributed by atoms with Crippen LogP contribution in [-0.2, 0) is 0 Å². The zero-order valence-corrected chi connectivity index (χ0v) is 7.47. The molecule has 0 saturated carbocycles. The Morgan fingerprint density at radius 1 is 1.31 bits per heavy atom. The largest absolute Gasteiger partial charge is 0.463 e. The van der Waals surface area contributed by atoms with E-state index in [-0.39, 0.29) is 0 Å².